The molecular formula is C6H9NS2. The predicted molar refractivity (Wildman–Crippen MR) is 47.2 cm³/mol. The first-order valence-corrected chi connectivity index (χ1v) is 4.33. The highest BCUT2D eigenvalue weighted by Crippen LogP contribution is 1.94. The van der Waals surface area contributed by atoms with E-state index in [0.29, 0.717) is 0 Å². The molecule has 0 atom stereocenters. The van der Waals surface area contributed by atoms with Gasteiger partial charge in [0.15, 0.2) is 0 Å². The second-order valence-corrected chi connectivity index (χ2v) is 2.30. The molecule has 0 saturated heterocycles. The smallest absolute Gasteiger partial charge is 0.0585 e. The monoisotopic (exact) mass is 159 g/mol. The summed E-state index contributed by atoms with van der Waals surface area (Å²) in [6, 6.07) is 0. The molecule has 0 aromatic heterocycles. The SMILES string of the molecule is CSC=CCCN=C=S. The Morgan fingerprint density at radius 3 is 3.11 bits per heavy atom. The Morgan fingerprint density at radius 1 is 1.78 bits per heavy atom. The van der Waals surface area contributed by atoms with Crippen LogP contribution < -0.4 is 0 Å². The highest BCUT2D eigenvalue weighted by Gasteiger charge is 1.73. The number of nitrogens with zero attached hydrogens (tertiary/aromatic N) is 1. The van der Waals surface area contributed by atoms with Crippen LogP contribution in [0.1, 0.15) is 6.42 Å². The topological polar surface area (TPSA) is 12.4 Å². The van der Waals surface area contributed by atoms with Gasteiger partial charge in [0, 0.05) is 0 Å². The number of thioether (sulfide) groups is 1. The number of hydrogen-bond donors (Lipinski definition) is 0. The van der Waals surface area contributed by atoms with Gasteiger partial charge >= 0.3 is 0 Å². The van der Waals surface area contributed by atoms with E-state index in [1.165, 1.54) is 0 Å². The van der Waals surface area contributed by atoms with Gasteiger partial charge in [0.05, 0.1) is 11.7 Å². The van der Waals surface area contributed by atoms with Crippen molar-refractivity contribution < 1.29 is 0 Å². The summed E-state index contributed by atoms with van der Waals surface area (Å²) in [7, 11) is 0. The summed E-state index contributed by atoms with van der Waals surface area (Å²) in [6.45, 7) is 0.764. The first kappa shape index (κ1) is 8.89. The van der Waals surface area contributed by atoms with Crippen LogP contribution in [0.4, 0.5) is 0 Å². The van der Waals surface area contributed by atoms with E-state index >= 15 is 0 Å². The van der Waals surface area contributed by atoms with E-state index < -0.39 is 0 Å². The lowest BCUT2D eigenvalue weighted by molar-refractivity contribution is 1.02. The van der Waals surface area contributed by atoms with Gasteiger partial charge in [0.2, 0.25) is 0 Å². The molecule has 50 valence electrons. The Bertz CT molecular complexity index is 125. The van der Waals surface area contributed by atoms with Crippen LogP contribution in [0, 0.1) is 0 Å². The van der Waals surface area contributed by atoms with E-state index in [4.69, 9.17) is 0 Å². The van der Waals surface area contributed by atoms with Crippen LogP contribution in [0.15, 0.2) is 16.5 Å². The summed E-state index contributed by atoms with van der Waals surface area (Å²) < 4.78 is 0. The molecule has 0 radical (unpaired) electrons. The van der Waals surface area contributed by atoms with E-state index in [0.717, 1.165) is 13.0 Å². The Balaban J connectivity index is 3.08. The lowest BCUT2D eigenvalue weighted by Crippen LogP contribution is -1.72. The van der Waals surface area contributed by atoms with Crippen molar-refractivity contribution in [2.45, 2.75) is 6.42 Å². The maximum atomic E-state index is 4.38. The van der Waals surface area contributed by atoms with Crippen LogP contribution in [-0.2, 0) is 0 Å². The van der Waals surface area contributed by atoms with Crippen molar-refractivity contribution >= 4 is 29.1 Å². The van der Waals surface area contributed by atoms with Crippen LogP contribution in [0.2, 0.25) is 0 Å². The zero-order valence-electron chi connectivity index (χ0n) is 5.33. The molecule has 1 nitrogen and oxygen atoms in total. The molecule has 0 aliphatic carbocycles. The molecule has 0 unspecified atom stereocenters. The molecule has 0 bridgehead atoms. The third kappa shape index (κ3) is 7.89. The van der Waals surface area contributed by atoms with Crippen LogP contribution in [0.5, 0.6) is 0 Å². The molecule has 0 amide bonds. The van der Waals surface area contributed by atoms with Gasteiger partial charge in [-0.3, -0.25) is 0 Å². The van der Waals surface area contributed by atoms with Crippen LogP contribution in [-0.4, -0.2) is 18.0 Å². The zero-order valence-corrected chi connectivity index (χ0v) is 6.97. The second-order valence-electron chi connectivity index (χ2n) is 1.37. The van der Waals surface area contributed by atoms with E-state index in [1.54, 1.807) is 11.8 Å². The summed E-state index contributed by atoms with van der Waals surface area (Å²) in [4.78, 5) is 3.75. The van der Waals surface area contributed by atoms with Crippen molar-refractivity contribution in [2.24, 2.45) is 4.99 Å². The molecule has 0 spiro atoms. The molecule has 0 aromatic rings. The molecule has 0 saturated carbocycles. The minimum atomic E-state index is 0.764. The summed E-state index contributed by atoms with van der Waals surface area (Å²) >= 11 is 6.08. The lowest BCUT2D eigenvalue weighted by Gasteiger charge is -1.81. The van der Waals surface area contributed by atoms with Crippen molar-refractivity contribution in [1.82, 2.24) is 0 Å². The average Bonchev–Trinajstić information content (AvgIpc) is 1.89. The van der Waals surface area contributed by atoms with Crippen molar-refractivity contribution in [3.05, 3.63) is 11.5 Å². The van der Waals surface area contributed by atoms with E-state index in [-0.39, 0.29) is 0 Å². The van der Waals surface area contributed by atoms with Gasteiger partial charge in [-0.1, -0.05) is 6.08 Å². The number of hydrogen-bond acceptors (Lipinski definition) is 3. The second kappa shape index (κ2) is 7.89. The summed E-state index contributed by atoms with van der Waals surface area (Å²) in [5.41, 5.74) is 0. The third-order valence-electron chi connectivity index (χ3n) is 0.704. The fourth-order valence-corrected chi connectivity index (χ4v) is 0.769. The lowest BCUT2D eigenvalue weighted by atomic mass is 10.4. The Kier molecular flexibility index (Phi) is 7.79. The molecule has 3 heteroatoms. The highest BCUT2D eigenvalue weighted by molar-refractivity contribution is 8.01. The number of thiocarbonyl (C=S) groups is 1. The van der Waals surface area contributed by atoms with Gasteiger partial charge in [0.25, 0.3) is 0 Å². The molecule has 9 heavy (non-hydrogen) atoms. The van der Waals surface area contributed by atoms with E-state index in [9.17, 15) is 0 Å². The van der Waals surface area contributed by atoms with Gasteiger partial charge in [-0.05, 0) is 30.3 Å². The molecule has 0 rings (SSSR count). The fourth-order valence-electron chi connectivity index (χ4n) is 0.349. The van der Waals surface area contributed by atoms with Gasteiger partial charge in [-0.15, -0.1) is 11.8 Å². The van der Waals surface area contributed by atoms with Crippen molar-refractivity contribution in [3.8, 4) is 0 Å². The maximum Gasteiger partial charge on any atom is 0.0585 e. The minimum absolute atomic E-state index is 0.764. The third-order valence-corrected chi connectivity index (χ3v) is 1.30. The first-order chi connectivity index (χ1) is 4.41. The predicted octanol–water partition coefficient (Wildman–Crippen LogP) is 2.36. The Morgan fingerprint density at radius 2 is 2.56 bits per heavy atom. The standard InChI is InChI=1S/C6H9NS2/c1-9-5-3-2-4-7-6-8/h3,5H,2,4H2,1H3. The van der Waals surface area contributed by atoms with Crippen LogP contribution >= 0.6 is 24.0 Å². The maximum absolute atomic E-state index is 4.38. The van der Waals surface area contributed by atoms with Gasteiger partial charge in [-0.25, -0.2) is 4.99 Å². The van der Waals surface area contributed by atoms with Crippen molar-refractivity contribution in [2.75, 3.05) is 12.8 Å². The molecule has 0 heterocycles. The van der Waals surface area contributed by atoms with Gasteiger partial charge in [-0.2, -0.15) is 0 Å². The van der Waals surface area contributed by atoms with Crippen molar-refractivity contribution in [3.63, 3.8) is 0 Å². The van der Waals surface area contributed by atoms with Gasteiger partial charge < -0.3 is 0 Å². The molecule has 0 aliphatic rings. The summed E-state index contributed by atoms with van der Waals surface area (Å²) in [5, 5.41) is 4.35. The quantitative estimate of drug-likeness (QED) is 0.355. The van der Waals surface area contributed by atoms with E-state index in [1.807, 2.05) is 11.7 Å². The molecule has 0 N–H and O–H groups in total. The average molecular weight is 159 g/mol. The fraction of sp³-hybridized carbons (Fsp3) is 0.500. The van der Waals surface area contributed by atoms with Crippen molar-refractivity contribution in [1.29, 1.82) is 0 Å². The zero-order chi connectivity index (χ0) is 6.95. The highest BCUT2D eigenvalue weighted by atomic mass is 32.2. The molecule has 0 fully saturated rings. The van der Waals surface area contributed by atoms with Gasteiger partial charge in [0.1, 0.15) is 0 Å². The Hall–Kier alpha value is -0.110. The Labute approximate surface area is 65.3 Å². The van der Waals surface area contributed by atoms with E-state index in [2.05, 4.69) is 28.4 Å². The summed E-state index contributed by atoms with van der Waals surface area (Å²) in [6.07, 6.45) is 5.06. The first-order valence-electron chi connectivity index (χ1n) is 2.63. The normalized spacial score (nSPS) is 9.44. The van der Waals surface area contributed by atoms with Crippen LogP contribution in [0.3, 0.4) is 0 Å². The minimum Gasteiger partial charge on any atom is -0.232 e. The molecular weight excluding hydrogens is 150 g/mol. The number of isothiocyanates is 1. The summed E-state index contributed by atoms with van der Waals surface area (Å²) in [5.74, 6) is 0. The largest absolute Gasteiger partial charge is 0.232 e. The number of aliphatic imine (C=N–C) groups is 1. The van der Waals surface area contributed by atoms with Crippen LogP contribution in [0.25, 0.3) is 0 Å². The number of rotatable bonds is 4. The molecule has 0 aliphatic heterocycles. The molecule has 0 aromatic carbocycles.